The van der Waals surface area contributed by atoms with E-state index < -0.39 is 0 Å². The van der Waals surface area contributed by atoms with Crippen molar-refractivity contribution >= 4 is 6.09 Å². The van der Waals surface area contributed by atoms with Crippen LogP contribution < -0.4 is 10.1 Å². The third-order valence-electron chi connectivity index (χ3n) is 3.62. The number of rotatable bonds is 1. The molecule has 3 rings (SSSR count). The number of carbonyl (C=O) groups is 1. The second-order valence-corrected chi connectivity index (χ2v) is 4.91. The molecule has 1 aromatic rings. The van der Waals surface area contributed by atoms with Gasteiger partial charge in [0.2, 0.25) is 0 Å². The summed E-state index contributed by atoms with van der Waals surface area (Å²) in [6.45, 7) is 1.93. The Labute approximate surface area is 100 Å². The Bertz CT molecular complexity index is 435. The average molecular weight is 235 g/mol. The zero-order valence-corrected chi connectivity index (χ0v) is 9.98. The fraction of sp³-hybridized carbons (Fsp3) is 0.667. The Kier molecular flexibility index (Phi) is 2.53. The van der Waals surface area contributed by atoms with Crippen molar-refractivity contribution in [2.24, 2.45) is 0 Å². The molecule has 0 bridgehead atoms. The van der Waals surface area contributed by atoms with Crippen LogP contribution in [0.4, 0.5) is 4.79 Å². The summed E-state index contributed by atoms with van der Waals surface area (Å²) < 4.78 is 7.13. The molecule has 1 amide bonds. The fourth-order valence-corrected chi connectivity index (χ4v) is 2.67. The lowest BCUT2D eigenvalue weighted by molar-refractivity contribution is 0.189. The van der Waals surface area contributed by atoms with E-state index in [-0.39, 0.29) is 12.1 Å². The molecule has 2 aliphatic rings. The first-order valence-electron chi connectivity index (χ1n) is 6.31. The van der Waals surface area contributed by atoms with E-state index in [1.165, 1.54) is 32.1 Å². The zero-order valence-electron chi connectivity index (χ0n) is 9.98. The lowest BCUT2D eigenvalue weighted by Gasteiger charge is -2.21. The molecule has 1 unspecified atom stereocenters. The number of amides is 1. The summed E-state index contributed by atoms with van der Waals surface area (Å²) in [5, 5.41) is 7.28. The highest BCUT2D eigenvalue weighted by Gasteiger charge is 2.28. The number of nitrogens with one attached hydrogen (secondary N) is 1. The standard InChI is InChI=1S/C12H17N3O2/c1-8-11-10(17-12(16)13-8)7-15(14-11)9-5-3-2-4-6-9/h7-9H,2-6H2,1H3,(H,13,16). The van der Waals surface area contributed by atoms with Gasteiger partial charge in [-0.1, -0.05) is 19.3 Å². The van der Waals surface area contributed by atoms with E-state index in [0.717, 1.165) is 5.69 Å². The molecule has 5 nitrogen and oxygen atoms in total. The summed E-state index contributed by atoms with van der Waals surface area (Å²) in [7, 11) is 0. The monoisotopic (exact) mass is 235 g/mol. The van der Waals surface area contributed by atoms with Crippen molar-refractivity contribution in [3.63, 3.8) is 0 Å². The van der Waals surface area contributed by atoms with Gasteiger partial charge in [0.25, 0.3) is 0 Å². The topological polar surface area (TPSA) is 56.1 Å². The van der Waals surface area contributed by atoms with Crippen molar-refractivity contribution in [2.75, 3.05) is 0 Å². The van der Waals surface area contributed by atoms with Crippen LogP contribution in [-0.4, -0.2) is 15.9 Å². The number of aromatic nitrogens is 2. The minimum atomic E-state index is -0.381. The van der Waals surface area contributed by atoms with Crippen molar-refractivity contribution in [1.29, 1.82) is 0 Å². The molecule has 1 aromatic heterocycles. The van der Waals surface area contributed by atoms with E-state index in [1.54, 1.807) is 0 Å². The number of ether oxygens (including phenoxy) is 1. The van der Waals surface area contributed by atoms with E-state index in [1.807, 2.05) is 17.8 Å². The molecule has 0 aromatic carbocycles. The van der Waals surface area contributed by atoms with Gasteiger partial charge in [0.15, 0.2) is 5.75 Å². The SMILES string of the molecule is CC1NC(=O)Oc2cn(C3CCCCC3)nc21. The molecule has 0 spiro atoms. The Morgan fingerprint density at radius 3 is 2.94 bits per heavy atom. The largest absolute Gasteiger partial charge is 0.413 e. The lowest BCUT2D eigenvalue weighted by atomic mass is 9.96. The summed E-state index contributed by atoms with van der Waals surface area (Å²) in [5.41, 5.74) is 0.843. The Morgan fingerprint density at radius 1 is 1.41 bits per heavy atom. The average Bonchev–Trinajstić information content (AvgIpc) is 2.74. The Balaban J connectivity index is 1.88. The van der Waals surface area contributed by atoms with Crippen LogP contribution in [0, 0.1) is 0 Å². The fourth-order valence-electron chi connectivity index (χ4n) is 2.67. The molecule has 92 valence electrons. The van der Waals surface area contributed by atoms with Gasteiger partial charge in [-0.25, -0.2) is 4.79 Å². The van der Waals surface area contributed by atoms with Crippen molar-refractivity contribution in [3.05, 3.63) is 11.9 Å². The number of nitrogens with zero attached hydrogens (tertiary/aromatic N) is 2. The first-order valence-corrected chi connectivity index (χ1v) is 6.31. The molecule has 0 saturated heterocycles. The maximum atomic E-state index is 11.3. The van der Waals surface area contributed by atoms with E-state index in [2.05, 4.69) is 10.4 Å². The molecule has 1 atom stereocenters. The number of hydrogen-bond donors (Lipinski definition) is 1. The number of carbonyl (C=O) groups excluding carboxylic acids is 1. The summed E-state index contributed by atoms with van der Waals surface area (Å²) in [4.78, 5) is 11.3. The highest BCUT2D eigenvalue weighted by atomic mass is 16.6. The van der Waals surface area contributed by atoms with Crippen molar-refractivity contribution < 1.29 is 9.53 Å². The van der Waals surface area contributed by atoms with E-state index >= 15 is 0 Å². The van der Waals surface area contributed by atoms with Gasteiger partial charge >= 0.3 is 6.09 Å². The van der Waals surface area contributed by atoms with Gasteiger partial charge < -0.3 is 10.1 Å². The predicted octanol–water partition coefficient (Wildman–Crippen LogP) is 2.55. The van der Waals surface area contributed by atoms with Crippen LogP contribution in [0.3, 0.4) is 0 Å². The van der Waals surface area contributed by atoms with Crippen molar-refractivity contribution in [1.82, 2.24) is 15.1 Å². The second kappa shape index (κ2) is 4.05. The normalized spacial score (nSPS) is 25.0. The first-order chi connectivity index (χ1) is 8.24. The molecule has 5 heteroatoms. The van der Waals surface area contributed by atoms with Gasteiger partial charge in [0.05, 0.1) is 18.3 Å². The molecule has 1 N–H and O–H groups in total. The Hall–Kier alpha value is -1.52. The molecule has 17 heavy (non-hydrogen) atoms. The minimum absolute atomic E-state index is 0.0592. The van der Waals surface area contributed by atoms with Crippen LogP contribution >= 0.6 is 0 Å². The molecule has 1 saturated carbocycles. The number of hydrogen-bond acceptors (Lipinski definition) is 3. The molecule has 0 radical (unpaired) electrons. The van der Waals surface area contributed by atoms with Crippen LogP contribution in [0.2, 0.25) is 0 Å². The molecule has 1 aliphatic heterocycles. The number of fused-ring (bicyclic) bond motifs is 1. The highest BCUT2D eigenvalue weighted by Crippen LogP contribution is 2.33. The van der Waals surface area contributed by atoms with E-state index in [0.29, 0.717) is 11.8 Å². The van der Waals surface area contributed by atoms with Crippen LogP contribution in [-0.2, 0) is 0 Å². The van der Waals surface area contributed by atoms with Crippen LogP contribution in [0.1, 0.15) is 56.8 Å². The summed E-state index contributed by atoms with van der Waals surface area (Å²) in [5.74, 6) is 0.617. The van der Waals surface area contributed by atoms with Crippen molar-refractivity contribution in [3.8, 4) is 5.75 Å². The lowest BCUT2D eigenvalue weighted by Crippen LogP contribution is -2.34. The maximum absolute atomic E-state index is 11.3. The second-order valence-electron chi connectivity index (χ2n) is 4.91. The first kappa shape index (κ1) is 10.6. The van der Waals surface area contributed by atoms with E-state index in [4.69, 9.17) is 4.74 Å². The summed E-state index contributed by atoms with van der Waals surface area (Å²) in [6, 6.07) is 0.413. The molecule has 2 heterocycles. The quantitative estimate of drug-likeness (QED) is 0.813. The van der Waals surface area contributed by atoms with Gasteiger partial charge in [-0.2, -0.15) is 5.10 Å². The third-order valence-corrected chi connectivity index (χ3v) is 3.62. The zero-order chi connectivity index (χ0) is 11.8. The van der Waals surface area contributed by atoms with Crippen LogP contribution in [0.5, 0.6) is 5.75 Å². The molecular weight excluding hydrogens is 218 g/mol. The smallest absolute Gasteiger partial charge is 0.407 e. The molecule has 1 aliphatic carbocycles. The van der Waals surface area contributed by atoms with Crippen LogP contribution in [0.25, 0.3) is 0 Å². The van der Waals surface area contributed by atoms with E-state index in [9.17, 15) is 4.79 Å². The summed E-state index contributed by atoms with van der Waals surface area (Å²) >= 11 is 0. The predicted molar refractivity (Wildman–Crippen MR) is 61.9 cm³/mol. The van der Waals surface area contributed by atoms with Gasteiger partial charge in [0, 0.05) is 0 Å². The van der Waals surface area contributed by atoms with Gasteiger partial charge in [-0.3, -0.25) is 4.68 Å². The minimum Gasteiger partial charge on any atom is -0.407 e. The molecular formula is C12H17N3O2. The molecule has 1 fully saturated rings. The van der Waals surface area contributed by atoms with Crippen molar-refractivity contribution in [2.45, 2.75) is 51.1 Å². The Morgan fingerprint density at radius 2 is 2.18 bits per heavy atom. The van der Waals surface area contributed by atoms with Gasteiger partial charge in [0.1, 0.15) is 5.69 Å². The van der Waals surface area contributed by atoms with Gasteiger partial charge in [-0.15, -0.1) is 0 Å². The maximum Gasteiger partial charge on any atom is 0.413 e. The van der Waals surface area contributed by atoms with Crippen LogP contribution in [0.15, 0.2) is 6.20 Å². The summed E-state index contributed by atoms with van der Waals surface area (Å²) in [6.07, 6.45) is 7.71. The van der Waals surface area contributed by atoms with Gasteiger partial charge in [-0.05, 0) is 19.8 Å². The third kappa shape index (κ3) is 1.90. The highest BCUT2D eigenvalue weighted by molar-refractivity contribution is 5.73.